The van der Waals surface area contributed by atoms with Crippen molar-refractivity contribution in [1.29, 1.82) is 0 Å². The van der Waals surface area contributed by atoms with Crippen LogP contribution in [0.15, 0.2) is 24.5 Å². The molecule has 3 amide bonds. The van der Waals surface area contributed by atoms with E-state index in [1.165, 1.54) is 0 Å². The van der Waals surface area contributed by atoms with Gasteiger partial charge >= 0.3 is 6.03 Å². The normalized spacial score (nSPS) is 27.4. The van der Waals surface area contributed by atoms with Gasteiger partial charge in [-0.2, -0.15) is 0 Å². The second-order valence-electron chi connectivity index (χ2n) is 6.82. The van der Waals surface area contributed by atoms with E-state index < -0.39 is 24.4 Å². The number of hydrogen-bond donors (Lipinski definition) is 4. The van der Waals surface area contributed by atoms with Crippen LogP contribution in [0.5, 0.6) is 0 Å². The lowest BCUT2D eigenvalue weighted by atomic mass is 10.1. The maximum atomic E-state index is 12.1. The number of carbonyl (C=O) groups is 2. The summed E-state index contributed by atoms with van der Waals surface area (Å²) in [6.45, 7) is 2.35. The molecule has 0 aliphatic carbocycles. The standard InChI is InChI=1S/C18H26N4O6/c23-15(20-10-12-2-1-3-19-9-12)8-13-16(24)17(25)14(28-13)11-21-18(26)22-4-6-27-7-5-22/h1-3,9,13-14,16-17,24-25H,4-8,10-11H2,(H,20,23)(H,21,26). The molecule has 3 rings (SSSR count). The second kappa shape index (κ2) is 9.78. The zero-order chi connectivity index (χ0) is 19.9. The van der Waals surface area contributed by atoms with Crippen molar-refractivity contribution in [3.05, 3.63) is 30.1 Å². The fraction of sp³-hybridized carbons (Fsp3) is 0.611. The van der Waals surface area contributed by atoms with E-state index in [0.717, 1.165) is 5.56 Å². The molecule has 4 unspecified atom stereocenters. The minimum absolute atomic E-state index is 0.0439. The molecule has 2 fully saturated rings. The largest absolute Gasteiger partial charge is 0.388 e. The number of carbonyl (C=O) groups excluding carboxylic acids is 2. The molecule has 0 aromatic carbocycles. The molecule has 0 bridgehead atoms. The predicted molar refractivity (Wildman–Crippen MR) is 97.2 cm³/mol. The third kappa shape index (κ3) is 5.38. The summed E-state index contributed by atoms with van der Waals surface area (Å²) >= 11 is 0. The number of aromatic nitrogens is 1. The van der Waals surface area contributed by atoms with E-state index in [-0.39, 0.29) is 24.9 Å². The van der Waals surface area contributed by atoms with Crippen LogP contribution >= 0.6 is 0 Å². The summed E-state index contributed by atoms with van der Waals surface area (Å²) in [5.74, 6) is -0.307. The van der Waals surface area contributed by atoms with Crippen molar-refractivity contribution in [3.63, 3.8) is 0 Å². The van der Waals surface area contributed by atoms with Crippen LogP contribution in [0.4, 0.5) is 4.79 Å². The highest BCUT2D eigenvalue weighted by molar-refractivity contribution is 5.76. The van der Waals surface area contributed by atoms with Gasteiger partial charge in [0, 0.05) is 38.6 Å². The summed E-state index contributed by atoms with van der Waals surface area (Å²) < 4.78 is 10.8. The van der Waals surface area contributed by atoms with Gasteiger partial charge < -0.3 is 35.2 Å². The Morgan fingerprint density at radius 2 is 1.93 bits per heavy atom. The number of nitrogens with one attached hydrogen (secondary N) is 2. The van der Waals surface area contributed by atoms with Crippen LogP contribution in [0, 0.1) is 0 Å². The maximum absolute atomic E-state index is 12.1. The third-order valence-corrected chi connectivity index (χ3v) is 4.81. The minimum Gasteiger partial charge on any atom is -0.388 e. The Kier molecular flexibility index (Phi) is 7.15. The summed E-state index contributed by atoms with van der Waals surface area (Å²) in [5.41, 5.74) is 0.854. The lowest BCUT2D eigenvalue weighted by molar-refractivity contribution is -0.125. The van der Waals surface area contributed by atoms with Crippen molar-refractivity contribution in [3.8, 4) is 0 Å². The number of aliphatic hydroxyl groups is 2. The van der Waals surface area contributed by atoms with Gasteiger partial charge in [-0.3, -0.25) is 9.78 Å². The molecule has 4 atom stereocenters. The molecule has 154 valence electrons. The van der Waals surface area contributed by atoms with Crippen LogP contribution in [0.3, 0.4) is 0 Å². The first-order valence-corrected chi connectivity index (χ1v) is 9.32. The van der Waals surface area contributed by atoms with E-state index in [4.69, 9.17) is 9.47 Å². The number of hydrogen-bond acceptors (Lipinski definition) is 7. The van der Waals surface area contributed by atoms with Crippen LogP contribution in [-0.4, -0.2) is 89.3 Å². The predicted octanol–water partition coefficient (Wildman–Crippen LogP) is -1.38. The molecule has 0 radical (unpaired) electrons. The highest BCUT2D eigenvalue weighted by Gasteiger charge is 2.43. The van der Waals surface area contributed by atoms with E-state index in [1.807, 2.05) is 6.07 Å². The minimum atomic E-state index is -1.20. The van der Waals surface area contributed by atoms with Crippen molar-refractivity contribution in [2.24, 2.45) is 0 Å². The fourth-order valence-electron chi connectivity index (χ4n) is 3.19. The van der Waals surface area contributed by atoms with Crippen LogP contribution < -0.4 is 10.6 Å². The van der Waals surface area contributed by atoms with E-state index in [0.29, 0.717) is 32.8 Å². The first-order valence-electron chi connectivity index (χ1n) is 9.32. The summed E-state index contributed by atoms with van der Waals surface area (Å²) in [6.07, 6.45) is -0.793. The zero-order valence-electron chi connectivity index (χ0n) is 15.5. The Morgan fingerprint density at radius 1 is 1.18 bits per heavy atom. The van der Waals surface area contributed by atoms with Crippen molar-refractivity contribution in [2.45, 2.75) is 37.4 Å². The van der Waals surface area contributed by atoms with E-state index in [2.05, 4.69) is 15.6 Å². The fourth-order valence-corrected chi connectivity index (χ4v) is 3.19. The van der Waals surface area contributed by atoms with Crippen LogP contribution in [-0.2, 0) is 20.8 Å². The lowest BCUT2D eigenvalue weighted by Gasteiger charge is -2.27. The first-order chi connectivity index (χ1) is 13.5. The van der Waals surface area contributed by atoms with Crippen LogP contribution in [0.2, 0.25) is 0 Å². The number of urea groups is 1. The van der Waals surface area contributed by atoms with E-state index in [9.17, 15) is 19.8 Å². The Hall–Kier alpha value is -2.27. The Balaban J connectivity index is 1.42. The van der Waals surface area contributed by atoms with E-state index in [1.54, 1.807) is 23.4 Å². The maximum Gasteiger partial charge on any atom is 0.317 e. The van der Waals surface area contributed by atoms with Gasteiger partial charge in [-0.25, -0.2) is 4.79 Å². The molecule has 4 N–H and O–H groups in total. The summed E-state index contributed by atoms with van der Waals surface area (Å²) in [4.78, 5) is 29.8. The molecule has 10 nitrogen and oxygen atoms in total. The van der Waals surface area contributed by atoms with Gasteiger partial charge in [0.25, 0.3) is 0 Å². The summed E-state index contributed by atoms with van der Waals surface area (Å²) in [6, 6.07) is 3.34. The Labute approximate surface area is 162 Å². The van der Waals surface area contributed by atoms with Gasteiger partial charge in [0.2, 0.25) is 5.91 Å². The molecule has 1 aromatic heterocycles. The first kappa shape index (κ1) is 20.5. The third-order valence-electron chi connectivity index (χ3n) is 4.81. The zero-order valence-corrected chi connectivity index (χ0v) is 15.5. The highest BCUT2D eigenvalue weighted by atomic mass is 16.5. The van der Waals surface area contributed by atoms with Crippen molar-refractivity contribution >= 4 is 11.9 Å². The molecule has 2 saturated heterocycles. The second-order valence-corrected chi connectivity index (χ2v) is 6.82. The van der Waals surface area contributed by atoms with Crippen LogP contribution in [0.1, 0.15) is 12.0 Å². The molecule has 28 heavy (non-hydrogen) atoms. The van der Waals surface area contributed by atoms with Crippen molar-refractivity contribution in [2.75, 3.05) is 32.8 Å². The molecule has 2 aliphatic rings. The summed E-state index contributed by atoms with van der Waals surface area (Å²) in [5, 5.41) is 25.8. The number of morpholine rings is 1. The molecule has 3 heterocycles. The quantitative estimate of drug-likeness (QED) is 0.467. The number of nitrogens with zero attached hydrogens (tertiary/aromatic N) is 2. The van der Waals surface area contributed by atoms with Crippen molar-refractivity contribution < 1.29 is 29.3 Å². The van der Waals surface area contributed by atoms with Gasteiger partial charge in [0.1, 0.15) is 18.3 Å². The lowest BCUT2D eigenvalue weighted by Crippen LogP contribution is -2.49. The number of pyridine rings is 1. The smallest absolute Gasteiger partial charge is 0.317 e. The Morgan fingerprint density at radius 3 is 2.64 bits per heavy atom. The molecule has 0 saturated carbocycles. The molecular formula is C18H26N4O6. The summed E-state index contributed by atoms with van der Waals surface area (Å²) in [7, 11) is 0. The van der Waals surface area contributed by atoms with Gasteiger partial charge in [0.15, 0.2) is 0 Å². The van der Waals surface area contributed by atoms with Gasteiger partial charge in [-0.1, -0.05) is 6.07 Å². The van der Waals surface area contributed by atoms with Gasteiger partial charge in [0.05, 0.1) is 25.7 Å². The molecule has 10 heteroatoms. The average molecular weight is 394 g/mol. The molecule has 1 aromatic rings. The van der Waals surface area contributed by atoms with Gasteiger partial charge in [-0.05, 0) is 11.6 Å². The molecule has 2 aliphatic heterocycles. The van der Waals surface area contributed by atoms with Gasteiger partial charge in [-0.15, -0.1) is 0 Å². The highest BCUT2D eigenvalue weighted by Crippen LogP contribution is 2.23. The average Bonchev–Trinajstić information content (AvgIpc) is 2.99. The SMILES string of the molecule is O=C(CC1OC(CNC(=O)N2CCOCC2)C(O)C1O)NCc1cccnc1. The van der Waals surface area contributed by atoms with E-state index >= 15 is 0 Å². The number of ether oxygens (including phenoxy) is 2. The molecule has 0 spiro atoms. The number of rotatable bonds is 6. The van der Waals surface area contributed by atoms with Crippen molar-refractivity contribution in [1.82, 2.24) is 20.5 Å². The number of amides is 3. The topological polar surface area (TPSA) is 133 Å². The monoisotopic (exact) mass is 394 g/mol. The molecular weight excluding hydrogens is 368 g/mol. The number of aliphatic hydroxyl groups excluding tert-OH is 2. The Bertz CT molecular complexity index is 655. The van der Waals surface area contributed by atoms with Crippen LogP contribution in [0.25, 0.3) is 0 Å².